The van der Waals surface area contributed by atoms with Gasteiger partial charge in [-0.05, 0) is 74.0 Å². The van der Waals surface area contributed by atoms with E-state index in [4.69, 9.17) is 16.3 Å². The highest BCUT2D eigenvalue weighted by molar-refractivity contribution is 6.51. The highest BCUT2D eigenvalue weighted by atomic mass is 35.5. The number of hydrogen-bond donors (Lipinski definition) is 2. The number of rotatable bonds is 5. The quantitative estimate of drug-likeness (QED) is 0.298. The van der Waals surface area contributed by atoms with E-state index in [1.165, 1.54) is 17.0 Å². The maximum atomic E-state index is 13.1. The van der Waals surface area contributed by atoms with Crippen LogP contribution in [0.25, 0.3) is 5.76 Å². The number of Topliss-reactive ketones (excluding diaryl/α,β-unsaturated/α-hetero) is 1. The number of carbonyl (C=O) groups is 2. The van der Waals surface area contributed by atoms with Crippen molar-refractivity contribution in [3.8, 4) is 11.5 Å². The molecule has 1 saturated heterocycles. The van der Waals surface area contributed by atoms with Gasteiger partial charge in [-0.1, -0.05) is 29.8 Å². The van der Waals surface area contributed by atoms with Crippen LogP contribution < -0.4 is 9.64 Å². The van der Waals surface area contributed by atoms with Crippen LogP contribution in [0.3, 0.4) is 0 Å². The van der Waals surface area contributed by atoms with Crippen LogP contribution in [-0.4, -0.2) is 28.0 Å². The summed E-state index contributed by atoms with van der Waals surface area (Å²) in [7, 11) is 0. The van der Waals surface area contributed by atoms with E-state index in [1.807, 2.05) is 13.8 Å². The van der Waals surface area contributed by atoms with Crippen molar-refractivity contribution in [1.82, 2.24) is 0 Å². The number of carbonyl (C=O) groups excluding carboxylic acids is 2. The van der Waals surface area contributed by atoms with Crippen LogP contribution in [0.15, 0.2) is 78.4 Å². The molecule has 1 heterocycles. The van der Waals surface area contributed by atoms with E-state index in [-0.39, 0.29) is 23.2 Å². The smallest absolute Gasteiger partial charge is 0.300 e. The second kappa shape index (κ2) is 9.00. The molecule has 1 aliphatic heterocycles. The molecule has 1 amide bonds. The molecule has 3 aromatic rings. The van der Waals surface area contributed by atoms with Gasteiger partial charge >= 0.3 is 0 Å². The summed E-state index contributed by atoms with van der Waals surface area (Å²) in [5, 5.41) is 21.6. The fourth-order valence-electron chi connectivity index (χ4n) is 3.85. The van der Waals surface area contributed by atoms with Gasteiger partial charge < -0.3 is 14.9 Å². The molecule has 4 rings (SSSR count). The number of aromatic hydroxyl groups is 1. The topological polar surface area (TPSA) is 87.1 Å². The number of ketones is 1. The highest BCUT2D eigenvalue weighted by Gasteiger charge is 2.47. The molecule has 7 heteroatoms. The molecule has 1 aliphatic rings. The van der Waals surface area contributed by atoms with Crippen LogP contribution in [0.1, 0.15) is 31.0 Å². The third-order valence-corrected chi connectivity index (χ3v) is 5.45. The number of benzene rings is 3. The average molecular weight is 464 g/mol. The molecule has 0 aromatic heterocycles. The average Bonchev–Trinajstić information content (AvgIpc) is 3.04. The molecule has 168 valence electrons. The number of phenolic OH excluding ortho intramolecular Hbond substituents is 1. The molecule has 1 unspecified atom stereocenters. The molecule has 33 heavy (non-hydrogen) atoms. The third-order valence-electron chi connectivity index (χ3n) is 5.22. The van der Waals surface area contributed by atoms with Gasteiger partial charge in [0, 0.05) is 16.3 Å². The Hall–Kier alpha value is -3.77. The van der Waals surface area contributed by atoms with Crippen molar-refractivity contribution in [2.45, 2.75) is 26.0 Å². The molecule has 0 bridgehead atoms. The van der Waals surface area contributed by atoms with Crippen molar-refractivity contribution >= 4 is 34.7 Å². The molecule has 0 spiro atoms. The normalized spacial score (nSPS) is 17.6. The number of aliphatic hydroxyl groups is 1. The van der Waals surface area contributed by atoms with Gasteiger partial charge in [0.1, 0.15) is 17.3 Å². The number of ether oxygens (including phenoxy) is 1. The molecule has 1 fully saturated rings. The van der Waals surface area contributed by atoms with Crippen LogP contribution in [-0.2, 0) is 9.59 Å². The maximum absolute atomic E-state index is 13.1. The van der Waals surface area contributed by atoms with Gasteiger partial charge in [-0.25, -0.2) is 0 Å². The van der Waals surface area contributed by atoms with E-state index in [9.17, 15) is 19.8 Å². The summed E-state index contributed by atoms with van der Waals surface area (Å²) in [6, 6.07) is 18.5. The van der Waals surface area contributed by atoms with E-state index in [0.717, 1.165) is 0 Å². The molecular formula is C26H22ClNO5. The van der Waals surface area contributed by atoms with Crippen molar-refractivity contribution in [3.63, 3.8) is 0 Å². The van der Waals surface area contributed by atoms with Gasteiger partial charge in [-0.15, -0.1) is 0 Å². The van der Waals surface area contributed by atoms with Crippen molar-refractivity contribution in [2.75, 3.05) is 4.90 Å². The number of phenols is 1. The minimum absolute atomic E-state index is 0.0155. The van der Waals surface area contributed by atoms with Crippen molar-refractivity contribution in [2.24, 2.45) is 0 Å². The van der Waals surface area contributed by atoms with Gasteiger partial charge in [0.25, 0.3) is 11.7 Å². The van der Waals surface area contributed by atoms with Crippen molar-refractivity contribution in [3.05, 3.63) is 94.5 Å². The van der Waals surface area contributed by atoms with E-state index in [0.29, 0.717) is 27.6 Å². The fourth-order valence-corrected chi connectivity index (χ4v) is 4.04. The lowest BCUT2D eigenvalue weighted by molar-refractivity contribution is -0.132. The van der Waals surface area contributed by atoms with Crippen molar-refractivity contribution < 1.29 is 24.5 Å². The Bertz CT molecular complexity index is 1250. The number of anilines is 1. The predicted octanol–water partition coefficient (Wildman–Crippen LogP) is 5.46. The van der Waals surface area contributed by atoms with Gasteiger partial charge in [0.05, 0.1) is 17.7 Å². The fraction of sp³-hybridized carbons (Fsp3) is 0.154. The zero-order chi connectivity index (χ0) is 23.7. The van der Waals surface area contributed by atoms with Gasteiger partial charge in [-0.2, -0.15) is 0 Å². The Morgan fingerprint density at radius 2 is 1.70 bits per heavy atom. The lowest BCUT2D eigenvalue weighted by atomic mass is 9.95. The van der Waals surface area contributed by atoms with Crippen LogP contribution in [0.2, 0.25) is 5.02 Å². The Morgan fingerprint density at radius 1 is 1.00 bits per heavy atom. The summed E-state index contributed by atoms with van der Waals surface area (Å²) in [5.74, 6) is -1.36. The van der Waals surface area contributed by atoms with Crippen LogP contribution in [0, 0.1) is 0 Å². The Morgan fingerprint density at radius 3 is 2.33 bits per heavy atom. The summed E-state index contributed by atoms with van der Waals surface area (Å²) >= 11 is 6.14. The summed E-state index contributed by atoms with van der Waals surface area (Å²) in [6.07, 6.45) is -0.0155. The van der Waals surface area contributed by atoms with E-state index in [1.54, 1.807) is 60.7 Å². The third kappa shape index (κ3) is 4.43. The molecular weight excluding hydrogens is 442 g/mol. The van der Waals surface area contributed by atoms with E-state index in [2.05, 4.69) is 0 Å². The second-order valence-corrected chi connectivity index (χ2v) is 8.37. The SMILES string of the molecule is CC(C)Oc1ccc(/C(O)=C2\C(=O)C(=O)N(c3cccc(Cl)c3)C2c2cccc(O)c2)cc1. The molecule has 2 N–H and O–H groups in total. The molecule has 1 atom stereocenters. The van der Waals surface area contributed by atoms with Gasteiger partial charge in [-0.3, -0.25) is 14.5 Å². The van der Waals surface area contributed by atoms with Gasteiger partial charge in [0.2, 0.25) is 0 Å². The van der Waals surface area contributed by atoms with E-state index < -0.39 is 17.7 Å². The summed E-state index contributed by atoms with van der Waals surface area (Å²) in [4.78, 5) is 27.5. The van der Waals surface area contributed by atoms with Crippen LogP contribution in [0.4, 0.5) is 5.69 Å². The molecule has 0 radical (unpaired) electrons. The number of hydrogen-bond acceptors (Lipinski definition) is 5. The Balaban J connectivity index is 1.88. The first kappa shape index (κ1) is 22.4. The number of halogens is 1. The van der Waals surface area contributed by atoms with E-state index >= 15 is 0 Å². The largest absolute Gasteiger partial charge is 0.508 e. The summed E-state index contributed by atoms with van der Waals surface area (Å²) < 4.78 is 5.64. The van der Waals surface area contributed by atoms with Gasteiger partial charge in [0.15, 0.2) is 0 Å². The minimum Gasteiger partial charge on any atom is -0.508 e. The summed E-state index contributed by atoms with van der Waals surface area (Å²) in [6.45, 7) is 3.81. The molecule has 3 aromatic carbocycles. The molecule has 0 aliphatic carbocycles. The highest BCUT2D eigenvalue weighted by Crippen LogP contribution is 2.43. The number of nitrogens with zero attached hydrogens (tertiary/aromatic N) is 1. The zero-order valence-corrected chi connectivity index (χ0v) is 18.8. The Kier molecular flexibility index (Phi) is 6.11. The number of amides is 1. The lowest BCUT2D eigenvalue weighted by Crippen LogP contribution is -2.29. The predicted molar refractivity (Wildman–Crippen MR) is 127 cm³/mol. The second-order valence-electron chi connectivity index (χ2n) is 7.93. The standard InChI is InChI=1S/C26H22ClNO5/c1-15(2)33-21-11-9-16(10-12-21)24(30)22-23(17-5-3-8-20(29)13-17)28(26(32)25(22)31)19-7-4-6-18(27)14-19/h3-15,23,29-30H,1-2H3/b24-22+. The number of aliphatic hydroxyl groups excluding tert-OH is 1. The van der Waals surface area contributed by atoms with Crippen LogP contribution in [0.5, 0.6) is 11.5 Å². The lowest BCUT2D eigenvalue weighted by Gasteiger charge is -2.25. The monoisotopic (exact) mass is 463 g/mol. The minimum atomic E-state index is -0.956. The first-order valence-electron chi connectivity index (χ1n) is 10.4. The first-order chi connectivity index (χ1) is 15.8. The Labute approximate surface area is 196 Å². The first-order valence-corrected chi connectivity index (χ1v) is 10.8. The summed E-state index contributed by atoms with van der Waals surface area (Å²) in [5.41, 5.74) is 1.15. The molecule has 6 nitrogen and oxygen atoms in total. The molecule has 0 saturated carbocycles. The van der Waals surface area contributed by atoms with Crippen molar-refractivity contribution in [1.29, 1.82) is 0 Å². The zero-order valence-electron chi connectivity index (χ0n) is 18.0. The maximum Gasteiger partial charge on any atom is 0.300 e. The van der Waals surface area contributed by atoms with Crippen LogP contribution >= 0.6 is 11.6 Å².